The van der Waals surface area contributed by atoms with Crippen LogP contribution in [-0.2, 0) is 0 Å². The summed E-state index contributed by atoms with van der Waals surface area (Å²) in [5, 5.41) is 12.7. The van der Waals surface area contributed by atoms with Crippen molar-refractivity contribution >= 4 is 23.2 Å². The third-order valence-corrected chi connectivity index (χ3v) is 5.72. The number of benzene rings is 3. The number of nitrogens with two attached hydrogens (primary N) is 1. The van der Waals surface area contributed by atoms with Gasteiger partial charge in [0.2, 0.25) is 5.43 Å². The molecule has 2 aromatic carbocycles. The molecule has 0 unspecified atom stereocenters. The number of carbonyl (C=O) groups excluding carboxylic acids is 2. The molecule has 4 N–H and O–H groups in total. The van der Waals surface area contributed by atoms with Gasteiger partial charge in [-0.05, 0) is 49.2 Å². The van der Waals surface area contributed by atoms with E-state index in [-0.39, 0.29) is 50.5 Å². The van der Waals surface area contributed by atoms with E-state index in [9.17, 15) is 28.3 Å². The minimum absolute atomic E-state index is 0.0129. The molecular formula is C26H22F2N2O5. The molecule has 180 valence electrons. The molecule has 0 radical (unpaired) electrons. The van der Waals surface area contributed by atoms with E-state index in [1.807, 2.05) is 0 Å². The van der Waals surface area contributed by atoms with E-state index in [0.29, 0.717) is 19.4 Å². The molecule has 0 saturated heterocycles. The fourth-order valence-electron chi connectivity index (χ4n) is 3.97. The van der Waals surface area contributed by atoms with E-state index in [2.05, 4.69) is 5.32 Å². The number of rotatable bonds is 8. The summed E-state index contributed by atoms with van der Waals surface area (Å²) in [5.74, 6) is -3.06. The molecule has 1 amide bonds. The molecule has 0 atom stereocenters. The van der Waals surface area contributed by atoms with Crippen molar-refractivity contribution in [2.24, 2.45) is 5.73 Å². The van der Waals surface area contributed by atoms with Crippen molar-refractivity contribution in [2.75, 3.05) is 13.1 Å². The van der Waals surface area contributed by atoms with E-state index >= 15 is 0 Å². The van der Waals surface area contributed by atoms with Crippen LogP contribution in [0.5, 0.6) is 5.75 Å². The lowest BCUT2D eigenvalue weighted by Gasteiger charge is -2.17. The largest absolute Gasteiger partial charge is 0.505 e. The molecule has 0 fully saturated rings. The first-order valence-electron chi connectivity index (χ1n) is 11.0. The third kappa shape index (κ3) is 4.76. The second-order valence-corrected chi connectivity index (χ2v) is 8.08. The Bertz CT molecular complexity index is 1460. The zero-order valence-electron chi connectivity index (χ0n) is 18.6. The Hall–Kier alpha value is -4.11. The number of aldehydes is 1. The second kappa shape index (κ2) is 10.0. The number of nitrogens with one attached hydrogen (secondary N) is 1. The van der Waals surface area contributed by atoms with E-state index in [1.54, 1.807) is 0 Å². The molecule has 1 heterocycles. The summed E-state index contributed by atoms with van der Waals surface area (Å²) in [6.07, 6.45) is 3.03. The summed E-state index contributed by atoms with van der Waals surface area (Å²) in [4.78, 5) is 36.4. The van der Waals surface area contributed by atoms with Crippen molar-refractivity contribution in [1.29, 1.82) is 0 Å². The van der Waals surface area contributed by atoms with Crippen LogP contribution in [0.2, 0.25) is 0 Å². The van der Waals surface area contributed by atoms with Crippen LogP contribution >= 0.6 is 0 Å². The molecule has 2 aromatic rings. The van der Waals surface area contributed by atoms with Gasteiger partial charge in [-0.3, -0.25) is 14.4 Å². The molecular weight excluding hydrogens is 458 g/mol. The lowest BCUT2D eigenvalue weighted by atomic mass is 9.90. The highest BCUT2D eigenvalue weighted by Crippen LogP contribution is 2.42. The van der Waals surface area contributed by atoms with Crippen LogP contribution < -0.4 is 16.5 Å². The number of phenols is 1. The first-order valence-corrected chi connectivity index (χ1v) is 11.0. The summed E-state index contributed by atoms with van der Waals surface area (Å²) < 4.78 is 34.2. The van der Waals surface area contributed by atoms with Crippen LogP contribution in [0.15, 0.2) is 51.7 Å². The van der Waals surface area contributed by atoms with Crippen molar-refractivity contribution in [3.05, 3.63) is 75.4 Å². The maximum absolute atomic E-state index is 14.3. The number of carbonyl (C=O) groups is 2. The Labute approximate surface area is 198 Å². The first-order chi connectivity index (χ1) is 16.8. The number of fused-ring (bicyclic) bond motifs is 2. The van der Waals surface area contributed by atoms with Crippen LogP contribution in [0.1, 0.15) is 40.0 Å². The third-order valence-electron chi connectivity index (χ3n) is 5.72. The van der Waals surface area contributed by atoms with Gasteiger partial charge < -0.3 is 20.6 Å². The molecule has 1 aliphatic heterocycles. The number of aromatic hydroxyl groups is 1. The molecule has 0 bridgehead atoms. The highest BCUT2D eigenvalue weighted by atomic mass is 19.1. The Kier molecular flexibility index (Phi) is 6.88. The van der Waals surface area contributed by atoms with Crippen molar-refractivity contribution in [2.45, 2.75) is 19.3 Å². The molecule has 35 heavy (non-hydrogen) atoms. The summed E-state index contributed by atoms with van der Waals surface area (Å²) in [7, 11) is 0. The summed E-state index contributed by atoms with van der Waals surface area (Å²) in [5.41, 5.74) is 5.52. The van der Waals surface area contributed by atoms with Gasteiger partial charge in [0.25, 0.3) is 5.91 Å². The van der Waals surface area contributed by atoms with Gasteiger partial charge >= 0.3 is 0 Å². The highest BCUT2D eigenvalue weighted by Gasteiger charge is 2.23. The average molecular weight is 480 g/mol. The topological polar surface area (TPSA) is 123 Å². The number of unbranched alkanes of at least 4 members (excludes halogenated alkanes) is 2. The smallest absolute Gasteiger partial charge is 0.251 e. The Morgan fingerprint density at radius 2 is 1.83 bits per heavy atom. The number of hydrogen-bond acceptors (Lipinski definition) is 6. The zero-order valence-corrected chi connectivity index (χ0v) is 18.6. The van der Waals surface area contributed by atoms with Crippen molar-refractivity contribution in [1.82, 2.24) is 5.32 Å². The predicted molar refractivity (Wildman–Crippen MR) is 127 cm³/mol. The monoisotopic (exact) mass is 480 g/mol. The van der Waals surface area contributed by atoms with E-state index < -0.39 is 22.8 Å². The van der Waals surface area contributed by atoms with Gasteiger partial charge in [0.1, 0.15) is 11.3 Å². The van der Waals surface area contributed by atoms with Gasteiger partial charge in [-0.15, -0.1) is 0 Å². The van der Waals surface area contributed by atoms with Gasteiger partial charge in [-0.25, -0.2) is 8.78 Å². The molecule has 1 aliphatic carbocycles. The molecule has 2 aliphatic rings. The quantitative estimate of drug-likeness (QED) is 0.197. The standard InChI is InChI=1S/C26H22F2N2O5/c27-19-9-17-23(11-21(19)32)35-24-12-22(33)20(28)10-18(24)25(17)16-5-4-14(8-15(16)13-31)26(34)30-7-3-1-2-6-29/h4-5,8-13,32H,1-3,6-7,29H2,(H,30,34). The van der Waals surface area contributed by atoms with Gasteiger partial charge in [-0.1, -0.05) is 12.5 Å². The lowest BCUT2D eigenvalue weighted by molar-refractivity contribution is 0.0953. The lowest BCUT2D eigenvalue weighted by Crippen LogP contribution is -2.24. The summed E-state index contributed by atoms with van der Waals surface area (Å²) in [6, 6.07) is 8.31. The highest BCUT2D eigenvalue weighted by molar-refractivity contribution is 6.07. The predicted octanol–water partition coefficient (Wildman–Crippen LogP) is 4.22. The maximum atomic E-state index is 14.3. The zero-order chi connectivity index (χ0) is 25.1. The van der Waals surface area contributed by atoms with Crippen LogP contribution in [0.3, 0.4) is 0 Å². The van der Waals surface area contributed by atoms with Crippen LogP contribution in [0, 0.1) is 11.6 Å². The van der Waals surface area contributed by atoms with Gasteiger partial charge in [0.05, 0.1) is 0 Å². The Morgan fingerprint density at radius 1 is 1.03 bits per heavy atom. The molecule has 0 spiro atoms. The van der Waals surface area contributed by atoms with Crippen LogP contribution in [-0.4, -0.2) is 30.4 Å². The Balaban J connectivity index is 1.85. The van der Waals surface area contributed by atoms with E-state index in [0.717, 1.165) is 43.5 Å². The molecule has 0 aromatic heterocycles. The van der Waals surface area contributed by atoms with Crippen molar-refractivity contribution < 1.29 is 27.9 Å². The average Bonchev–Trinajstić information content (AvgIpc) is 2.84. The normalized spacial score (nSPS) is 11.2. The molecule has 4 rings (SSSR count). The minimum Gasteiger partial charge on any atom is -0.505 e. The first kappa shape index (κ1) is 24.0. The van der Waals surface area contributed by atoms with Crippen LogP contribution in [0.25, 0.3) is 33.4 Å². The molecule has 9 heteroatoms. The van der Waals surface area contributed by atoms with Gasteiger partial charge in [0, 0.05) is 46.3 Å². The maximum Gasteiger partial charge on any atom is 0.251 e. The van der Waals surface area contributed by atoms with Gasteiger partial charge in [0.15, 0.2) is 23.7 Å². The molecule has 0 saturated carbocycles. The number of hydrogen-bond donors (Lipinski definition) is 3. The number of phenolic OH excluding ortho intramolecular Hbond substituents is 1. The minimum atomic E-state index is -1.05. The van der Waals surface area contributed by atoms with Crippen molar-refractivity contribution in [3.8, 4) is 28.2 Å². The molecule has 7 nitrogen and oxygen atoms in total. The number of halogens is 2. The van der Waals surface area contributed by atoms with Gasteiger partial charge in [-0.2, -0.15) is 0 Å². The fraction of sp³-hybridized carbons (Fsp3) is 0.192. The van der Waals surface area contributed by atoms with Crippen molar-refractivity contribution in [3.63, 3.8) is 0 Å². The summed E-state index contributed by atoms with van der Waals surface area (Å²) >= 11 is 0. The summed E-state index contributed by atoms with van der Waals surface area (Å²) in [6.45, 7) is 1.03. The second-order valence-electron chi connectivity index (χ2n) is 8.08. The van der Waals surface area contributed by atoms with Crippen LogP contribution in [0.4, 0.5) is 8.78 Å². The van der Waals surface area contributed by atoms with E-state index in [1.165, 1.54) is 18.2 Å². The fourth-order valence-corrected chi connectivity index (χ4v) is 3.97. The van der Waals surface area contributed by atoms with E-state index in [4.69, 9.17) is 10.2 Å². The SMILES string of the molecule is NCCCCCNC(=O)c1ccc(-c2c3cc(F)c(=O)cc-3oc3cc(O)c(F)cc23)c(C=O)c1. The Morgan fingerprint density at radius 3 is 2.57 bits per heavy atom. The number of amides is 1.